The third-order valence-electron chi connectivity index (χ3n) is 2.35. The second-order valence-electron chi connectivity index (χ2n) is 3.65. The molecular formula is C12H14N2OS. The Hall–Kier alpha value is -1.55. The number of rotatable bonds is 3. The minimum Gasteiger partial charge on any atom is -0.465 e. The van der Waals surface area contributed by atoms with Gasteiger partial charge in [-0.2, -0.15) is 0 Å². The van der Waals surface area contributed by atoms with E-state index in [4.69, 9.17) is 10.5 Å². The van der Waals surface area contributed by atoms with Gasteiger partial charge in [0.25, 0.3) is 5.19 Å². The molecule has 1 heterocycles. The molecule has 0 radical (unpaired) electrons. The fourth-order valence-corrected chi connectivity index (χ4v) is 2.02. The van der Waals surface area contributed by atoms with Gasteiger partial charge in [0.05, 0.1) is 5.69 Å². The topological polar surface area (TPSA) is 48.1 Å². The van der Waals surface area contributed by atoms with Crippen LogP contribution in [0, 0.1) is 13.8 Å². The van der Waals surface area contributed by atoms with Gasteiger partial charge in [0.15, 0.2) is 0 Å². The van der Waals surface area contributed by atoms with Gasteiger partial charge in [0.2, 0.25) is 0 Å². The summed E-state index contributed by atoms with van der Waals surface area (Å²) in [4.78, 5) is 5.52. The smallest absolute Gasteiger partial charge is 0.273 e. The molecule has 84 valence electrons. The SMILES string of the molecule is Cc1nc(OCc2ccc(N)cc2)sc1C. The number of aryl methyl sites for hydroxylation is 2. The van der Waals surface area contributed by atoms with E-state index in [0.717, 1.165) is 22.1 Å². The van der Waals surface area contributed by atoms with Crippen molar-refractivity contribution in [3.05, 3.63) is 40.4 Å². The van der Waals surface area contributed by atoms with Crippen LogP contribution in [-0.4, -0.2) is 4.98 Å². The van der Waals surface area contributed by atoms with Crippen LogP contribution in [0.4, 0.5) is 5.69 Å². The number of nitrogen functional groups attached to an aromatic ring is 1. The van der Waals surface area contributed by atoms with Crippen molar-refractivity contribution in [2.45, 2.75) is 20.5 Å². The number of benzene rings is 1. The van der Waals surface area contributed by atoms with Crippen LogP contribution in [0.1, 0.15) is 16.1 Å². The van der Waals surface area contributed by atoms with Crippen molar-refractivity contribution >= 4 is 17.0 Å². The van der Waals surface area contributed by atoms with E-state index in [1.165, 1.54) is 4.88 Å². The Morgan fingerprint density at radius 1 is 1.25 bits per heavy atom. The maximum Gasteiger partial charge on any atom is 0.273 e. The average molecular weight is 234 g/mol. The number of aromatic nitrogens is 1. The van der Waals surface area contributed by atoms with Crippen LogP contribution in [0.15, 0.2) is 24.3 Å². The van der Waals surface area contributed by atoms with E-state index >= 15 is 0 Å². The number of ether oxygens (including phenoxy) is 1. The van der Waals surface area contributed by atoms with Crippen molar-refractivity contribution in [3.8, 4) is 5.19 Å². The molecule has 2 rings (SSSR count). The highest BCUT2D eigenvalue weighted by atomic mass is 32.1. The summed E-state index contributed by atoms with van der Waals surface area (Å²) in [7, 11) is 0. The molecule has 0 aliphatic carbocycles. The van der Waals surface area contributed by atoms with Gasteiger partial charge < -0.3 is 10.5 Å². The fraction of sp³-hybridized carbons (Fsp3) is 0.250. The van der Waals surface area contributed by atoms with Crippen LogP contribution in [0.25, 0.3) is 0 Å². The van der Waals surface area contributed by atoms with Crippen LogP contribution >= 0.6 is 11.3 Å². The Balaban J connectivity index is 1.99. The standard InChI is InChI=1S/C12H14N2OS/c1-8-9(2)16-12(14-8)15-7-10-3-5-11(13)6-4-10/h3-6H,7,13H2,1-2H3. The van der Waals surface area contributed by atoms with Gasteiger partial charge in [-0.05, 0) is 31.5 Å². The first-order valence-corrected chi connectivity index (χ1v) is 5.88. The fourth-order valence-electron chi connectivity index (χ4n) is 1.26. The quantitative estimate of drug-likeness (QED) is 0.831. The first kappa shape index (κ1) is 11.0. The lowest BCUT2D eigenvalue weighted by molar-refractivity contribution is 0.304. The number of hydrogen-bond donors (Lipinski definition) is 1. The predicted molar refractivity (Wildman–Crippen MR) is 66.8 cm³/mol. The summed E-state index contributed by atoms with van der Waals surface area (Å²) in [6.45, 7) is 4.57. The molecule has 1 aromatic carbocycles. The van der Waals surface area contributed by atoms with E-state index in [-0.39, 0.29) is 0 Å². The van der Waals surface area contributed by atoms with Crippen molar-refractivity contribution in [3.63, 3.8) is 0 Å². The molecule has 16 heavy (non-hydrogen) atoms. The first-order valence-electron chi connectivity index (χ1n) is 5.06. The monoisotopic (exact) mass is 234 g/mol. The van der Waals surface area contributed by atoms with Crippen LogP contribution in [0.3, 0.4) is 0 Å². The molecule has 0 aliphatic rings. The minimum absolute atomic E-state index is 0.534. The zero-order chi connectivity index (χ0) is 11.5. The Bertz CT molecular complexity index is 457. The lowest BCUT2D eigenvalue weighted by Gasteiger charge is -2.02. The summed E-state index contributed by atoms with van der Waals surface area (Å²) >= 11 is 1.58. The maximum absolute atomic E-state index is 5.61. The van der Waals surface area contributed by atoms with Gasteiger partial charge in [-0.25, -0.2) is 4.98 Å². The highest BCUT2D eigenvalue weighted by Gasteiger charge is 2.04. The van der Waals surface area contributed by atoms with Crippen LogP contribution in [0.5, 0.6) is 5.19 Å². The first-order chi connectivity index (χ1) is 7.65. The zero-order valence-corrected chi connectivity index (χ0v) is 10.2. The lowest BCUT2D eigenvalue weighted by Crippen LogP contribution is -1.95. The van der Waals surface area contributed by atoms with Crippen molar-refractivity contribution in [1.82, 2.24) is 4.98 Å². The largest absolute Gasteiger partial charge is 0.465 e. The molecule has 4 heteroatoms. The molecular weight excluding hydrogens is 220 g/mol. The summed E-state index contributed by atoms with van der Waals surface area (Å²) in [6, 6.07) is 7.67. The number of hydrogen-bond acceptors (Lipinski definition) is 4. The minimum atomic E-state index is 0.534. The third-order valence-corrected chi connectivity index (χ3v) is 3.34. The number of nitrogens with two attached hydrogens (primary N) is 1. The second-order valence-corrected chi connectivity index (χ2v) is 4.82. The number of nitrogens with zero attached hydrogens (tertiary/aromatic N) is 1. The molecule has 0 saturated heterocycles. The summed E-state index contributed by atoms with van der Waals surface area (Å²) < 4.78 is 5.60. The van der Waals surface area contributed by atoms with Crippen molar-refractivity contribution in [1.29, 1.82) is 0 Å². The summed E-state index contributed by atoms with van der Waals surface area (Å²) in [5.41, 5.74) is 8.51. The van der Waals surface area contributed by atoms with E-state index in [2.05, 4.69) is 4.98 Å². The van der Waals surface area contributed by atoms with Gasteiger partial charge in [-0.3, -0.25) is 0 Å². The average Bonchev–Trinajstić information content (AvgIpc) is 2.58. The highest BCUT2D eigenvalue weighted by Crippen LogP contribution is 2.24. The summed E-state index contributed by atoms with van der Waals surface area (Å²) in [6.07, 6.45) is 0. The Morgan fingerprint density at radius 3 is 2.50 bits per heavy atom. The molecule has 0 atom stereocenters. The molecule has 1 aromatic heterocycles. The van der Waals surface area contributed by atoms with Gasteiger partial charge >= 0.3 is 0 Å². The predicted octanol–water partition coefficient (Wildman–Crippen LogP) is 2.92. The Kier molecular flexibility index (Phi) is 3.10. The summed E-state index contributed by atoms with van der Waals surface area (Å²) in [5.74, 6) is 0. The maximum atomic E-state index is 5.61. The third kappa shape index (κ3) is 2.52. The van der Waals surface area contributed by atoms with Crippen LogP contribution in [0.2, 0.25) is 0 Å². The molecule has 0 bridgehead atoms. The van der Waals surface area contributed by atoms with E-state index in [1.807, 2.05) is 38.1 Å². The van der Waals surface area contributed by atoms with Crippen LogP contribution < -0.4 is 10.5 Å². The lowest BCUT2D eigenvalue weighted by atomic mass is 10.2. The van der Waals surface area contributed by atoms with Crippen molar-refractivity contribution < 1.29 is 4.74 Å². The zero-order valence-electron chi connectivity index (χ0n) is 9.36. The highest BCUT2D eigenvalue weighted by molar-refractivity contribution is 7.13. The van der Waals surface area contributed by atoms with E-state index in [0.29, 0.717) is 6.61 Å². The van der Waals surface area contributed by atoms with Crippen LogP contribution in [-0.2, 0) is 6.61 Å². The molecule has 2 N–H and O–H groups in total. The van der Waals surface area contributed by atoms with Crippen molar-refractivity contribution in [2.75, 3.05) is 5.73 Å². The second kappa shape index (κ2) is 4.53. The Morgan fingerprint density at radius 2 is 1.94 bits per heavy atom. The van der Waals surface area contributed by atoms with Gasteiger partial charge in [0, 0.05) is 10.6 Å². The molecule has 2 aromatic rings. The van der Waals surface area contributed by atoms with Gasteiger partial charge in [0.1, 0.15) is 6.61 Å². The normalized spacial score (nSPS) is 10.4. The van der Waals surface area contributed by atoms with E-state index < -0.39 is 0 Å². The van der Waals surface area contributed by atoms with Crippen molar-refractivity contribution in [2.24, 2.45) is 0 Å². The molecule has 0 spiro atoms. The molecule has 0 fully saturated rings. The van der Waals surface area contributed by atoms with Gasteiger partial charge in [-0.1, -0.05) is 23.5 Å². The van der Waals surface area contributed by atoms with Gasteiger partial charge in [-0.15, -0.1) is 0 Å². The molecule has 0 amide bonds. The number of anilines is 1. The van der Waals surface area contributed by atoms with E-state index in [1.54, 1.807) is 11.3 Å². The van der Waals surface area contributed by atoms with E-state index in [9.17, 15) is 0 Å². The summed E-state index contributed by atoms with van der Waals surface area (Å²) in [5, 5.41) is 0.729. The molecule has 3 nitrogen and oxygen atoms in total. The molecule has 0 unspecified atom stereocenters. The molecule has 0 aliphatic heterocycles. The Labute approximate surface area is 98.9 Å². The number of thiazole rings is 1. The molecule has 0 saturated carbocycles.